The van der Waals surface area contributed by atoms with Gasteiger partial charge in [-0.25, -0.2) is 9.37 Å². The van der Waals surface area contributed by atoms with Crippen LogP contribution in [0.4, 0.5) is 15.9 Å². The summed E-state index contributed by atoms with van der Waals surface area (Å²) in [5.74, 6) is 0.363. The Balaban J connectivity index is 1.47. The Hall–Kier alpha value is -3.20. The Morgan fingerprint density at radius 1 is 1.37 bits per heavy atom. The molecule has 2 N–H and O–H groups in total. The van der Waals surface area contributed by atoms with Crippen molar-refractivity contribution in [2.45, 2.75) is 26.2 Å². The summed E-state index contributed by atoms with van der Waals surface area (Å²) in [6.07, 6.45) is 3.04. The molecule has 1 aromatic heterocycles. The van der Waals surface area contributed by atoms with E-state index in [1.54, 1.807) is 18.6 Å². The van der Waals surface area contributed by atoms with Gasteiger partial charge in [0.1, 0.15) is 24.2 Å². The molecule has 158 valence electrons. The summed E-state index contributed by atoms with van der Waals surface area (Å²) in [5, 5.41) is 6.79. The van der Waals surface area contributed by atoms with Gasteiger partial charge in [0.05, 0.1) is 12.6 Å². The summed E-state index contributed by atoms with van der Waals surface area (Å²) in [7, 11) is 0. The molecule has 2 aliphatic rings. The first-order valence-electron chi connectivity index (χ1n) is 9.96. The van der Waals surface area contributed by atoms with Gasteiger partial charge in [-0.3, -0.25) is 4.79 Å². The quantitative estimate of drug-likeness (QED) is 0.781. The number of benzene rings is 1. The van der Waals surface area contributed by atoms with Crippen LogP contribution in [-0.4, -0.2) is 55.7 Å². The lowest BCUT2D eigenvalue weighted by Crippen LogP contribution is -2.35. The van der Waals surface area contributed by atoms with E-state index in [-0.39, 0.29) is 24.1 Å². The number of carbonyl (C=O) groups is 1. The Morgan fingerprint density at radius 3 is 2.90 bits per heavy atom. The smallest absolute Gasteiger partial charge is 0.216 e. The van der Waals surface area contributed by atoms with E-state index in [9.17, 15) is 9.18 Å². The van der Waals surface area contributed by atoms with Crippen LogP contribution in [0.2, 0.25) is 0 Å². The Morgan fingerprint density at radius 2 is 2.23 bits per heavy atom. The van der Waals surface area contributed by atoms with E-state index in [0.717, 1.165) is 24.6 Å². The van der Waals surface area contributed by atoms with Gasteiger partial charge in [-0.05, 0) is 37.3 Å². The fraction of sp³-hybridized carbons (Fsp3) is 0.381. The van der Waals surface area contributed by atoms with Crippen molar-refractivity contribution in [3.8, 4) is 11.1 Å². The van der Waals surface area contributed by atoms with Crippen LogP contribution in [0.15, 0.2) is 41.6 Å². The number of hydrazone groups is 1. The zero-order valence-corrected chi connectivity index (χ0v) is 17.0. The third kappa shape index (κ3) is 4.35. The molecule has 8 nitrogen and oxygen atoms in total. The molecule has 1 saturated heterocycles. The second-order valence-corrected chi connectivity index (χ2v) is 7.36. The molecule has 1 amide bonds. The lowest BCUT2D eigenvalue weighted by atomic mass is 10.1. The summed E-state index contributed by atoms with van der Waals surface area (Å²) in [6, 6.07) is 8.90. The van der Waals surface area contributed by atoms with E-state index in [4.69, 9.17) is 4.74 Å². The highest BCUT2D eigenvalue weighted by Crippen LogP contribution is 2.30. The van der Waals surface area contributed by atoms with E-state index >= 15 is 0 Å². The van der Waals surface area contributed by atoms with Crippen molar-refractivity contribution in [1.82, 2.24) is 15.7 Å². The molecule has 3 heterocycles. The van der Waals surface area contributed by atoms with Crippen molar-refractivity contribution in [2.75, 3.05) is 36.0 Å². The second kappa shape index (κ2) is 8.66. The Bertz CT molecular complexity index is 936. The van der Waals surface area contributed by atoms with Gasteiger partial charge in [0.15, 0.2) is 0 Å². The fourth-order valence-electron chi connectivity index (χ4n) is 3.66. The maximum Gasteiger partial charge on any atom is 0.216 e. The summed E-state index contributed by atoms with van der Waals surface area (Å²) < 4.78 is 20.8. The third-order valence-electron chi connectivity index (χ3n) is 5.20. The average Bonchev–Trinajstić information content (AvgIpc) is 3.13. The minimum Gasteiger partial charge on any atom is -0.354 e. The average molecular weight is 412 g/mol. The van der Waals surface area contributed by atoms with Crippen molar-refractivity contribution >= 4 is 23.8 Å². The fourth-order valence-corrected chi connectivity index (χ4v) is 3.66. The third-order valence-corrected chi connectivity index (χ3v) is 5.20. The Labute approximate surface area is 174 Å². The van der Waals surface area contributed by atoms with Crippen LogP contribution in [0.5, 0.6) is 0 Å². The molecule has 2 aliphatic heterocycles. The van der Waals surface area contributed by atoms with Gasteiger partial charge in [0, 0.05) is 49.6 Å². The molecule has 0 spiro atoms. The van der Waals surface area contributed by atoms with Gasteiger partial charge >= 0.3 is 0 Å². The van der Waals surface area contributed by atoms with Crippen LogP contribution in [-0.2, 0) is 9.53 Å². The molecular formula is C21H25FN6O2. The molecule has 9 heteroatoms. The van der Waals surface area contributed by atoms with E-state index in [1.807, 2.05) is 34.9 Å². The van der Waals surface area contributed by atoms with Crippen LogP contribution in [0.25, 0.3) is 11.1 Å². The van der Waals surface area contributed by atoms with Gasteiger partial charge in [0.25, 0.3) is 0 Å². The number of pyridine rings is 1. The molecule has 1 aromatic carbocycles. The molecule has 2 atom stereocenters. The number of anilines is 2. The molecule has 1 fully saturated rings. The molecule has 0 bridgehead atoms. The predicted molar refractivity (Wildman–Crippen MR) is 114 cm³/mol. The van der Waals surface area contributed by atoms with Crippen molar-refractivity contribution in [1.29, 1.82) is 0 Å². The minimum atomic E-state index is -0.316. The Kier molecular flexibility index (Phi) is 5.80. The molecule has 30 heavy (non-hydrogen) atoms. The maximum atomic E-state index is 14.9. The van der Waals surface area contributed by atoms with Gasteiger partial charge in [-0.15, -0.1) is 0 Å². The van der Waals surface area contributed by atoms with Crippen LogP contribution in [0.3, 0.4) is 0 Å². The van der Waals surface area contributed by atoms with E-state index < -0.39 is 0 Å². The van der Waals surface area contributed by atoms with E-state index in [0.29, 0.717) is 24.2 Å². The van der Waals surface area contributed by atoms with Gasteiger partial charge < -0.3 is 25.3 Å². The molecule has 0 radical (unpaired) electrons. The van der Waals surface area contributed by atoms with Crippen LogP contribution in [0, 0.1) is 5.82 Å². The normalized spacial score (nSPS) is 20.9. The number of amides is 1. The second-order valence-electron chi connectivity index (χ2n) is 7.36. The van der Waals surface area contributed by atoms with Crippen LogP contribution >= 0.6 is 0 Å². The van der Waals surface area contributed by atoms with Crippen LogP contribution in [0.1, 0.15) is 13.8 Å². The molecule has 0 aliphatic carbocycles. The summed E-state index contributed by atoms with van der Waals surface area (Å²) in [4.78, 5) is 19.5. The number of hydrogen-bond donors (Lipinski definition) is 2. The SMILES string of the molecule is CC(=O)NC[C@H]1CN(c2ccc(-c3ccc(N4C=NNCC4)nc3)c(F)c2)C(C)O1. The first-order chi connectivity index (χ1) is 14.5. The summed E-state index contributed by atoms with van der Waals surface area (Å²) in [5.41, 5.74) is 4.85. The van der Waals surface area contributed by atoms with Gasteiger partial charge in [0.2, 0.25) is 5.91 Å². The molecule has 2 aromatic rings. The number of halogens is 1. The highest BCUT2D eigenvalue weighted by molar-refractivity contribution is 5.78. The molecular weight excluding hydrogens is 387 g/mol. The minimum absolute atomic E-state index is 0.0935. The summed E-state index contributed by atoms with van der Waals surface area (Å²) in [6.45, 7) is 5.94. The monoisotopic (exact) mass is 412 g/mol. The largest absolute Gasteiger partial charge is 0.354 e. The number of aromatic nitrogens is 1. The number of rotatable bonds is 5. The molecule has 4 rings (SSSR count). The van der Waals surface area contributed by atoms with Crippen molar-refractivity contribution in [2.24, 2.45) is 5.10 Å². The number of nitrogens with zero attached hydrogens (tertiary/aromatic N) is 4. The first-order valence-corrected chi connectivity index (χ1v) is 9.96. The lowest BCUT2D eigenvalue weighted by molar-refractivity contribution is -0.119. The number of hydrogen-bond acceptors (Lipinski definition) is 7. The van der Waals surface area contributed by atoms with Gasteiger partial charge in [-0.2, -0.15) is 5.10 Å². The van der Waals surface area contributed by atoms with E-state index in [2.05, 4.69) is 20.8 Å². The number of nitrogens with one attached hydrogen (secondary N) is 2. The zero-order chi connectivity index (χ0) is 21.1. The highest BCUT2D eigenvalue weighted by Gasteiger charge is 2.30. The number of carbonyl (C=O) groups excluding carboxylic acids is 1. The van der Waals surface area contributed by atoms with Crippen LogP contribution < -0.4 is 20.5 Å². The number of ether oxygens (including phenoxy) is 1. The predicted octanol–water partition coefficient (Wildman–Crippen LogP) is 1.93. The van der Waals surface area contributed by atoms with Crippen molar-refractivity contribution < 1.29 is 13.9 Å². The summed E-state index contributed by atoms with van der Waals surface area (Å²) >= 11 is 0. The standard InChI is InChI=1S/C21H25FN6O2/c1-14(29)23-11-18-12-28(15(2)30-18)17-4-5-19(20(22)9-17)16-3-6-21(24-10-16)27-8-7-25-26-13-27/h3-6,9-10,13,15,18,25H,7-8,11-12H2,1-2H3,(H,23,29)/t15?,18-/m0/s1. The highest BCUT2D eigenvalue weighted by atomic mass is 19.1. The van der Waals surface area contributed by atoms with E-state index in [1.165, 1.54) is 13.0 Å². The zero-order valence-electron chi connectivity index (χ0n) is 17.0. The van der Waals surface area contributed by atoms with Crippen molar-refractivity contribution in [3.05, 3.63) is 42.3 Å². The first kappa shape index (κ1) is 20.1. The lowest BCUT2D eigenvalue weighted by Gasteiger charge is -2.23. The maximum absolute atomic E-state index is 14.9. The molecule has 0 saturated carbocycles. The topological polar surface area (TPSA) is 82.1 Å². The van der Waals surface area contributed by atoms with Crippen molar-refractivity contribution in [3.63, 3.8) is 0 Å². The molecule has 1 unspecified atom stereocenters. The van der Waals surface area contributed by atoms with Gasteiger partial charge in [-0.1, -0.05) is 0 Å².